The van der Waals surface area contributed by atoms with Crippen LogP contribution in [-0.2, 0) is 4.74 Å². The Morgan fingerprint density at radius 1 is 1.00 bits per heavy atom. The standard InChI is InChI=1S/C8H4O3.C6H11N/c9-7-5-3-1-2-4-6(5)8(10)11-7;1-3-5-7-6-4-2/h1-4H;3-4,7H,1-2,5-6H2. The van der Waals surface area contributed by atoms with Crippen molar-refractivity contribution < 1.29 is 14.3 Å². The average Bonchev–Trinajstić information content (AvgIpc) is 2.67. The Bertz CT molecular complexity index is 425. The molecule has 0 radical (unpaired) electrons. The molecule has 0 aliphatic carbocycles. The summed E-state index contributed by atoms with van der Waals surface area (Å²) in [6.45, 7) is 8.81. The van der Waals surface area contributed by atoms with Crippen molar-refractivity contribution in [3.63, 3.8) is 0 Å². The van der Waals surface area contributed by atoms with E-state index in [0.29, 0.717) is 11.1 Å². The smallest absolute Gasteiger partial charge is 0.346 e. The molecule has 0 amide bonds. The number of cyclic esters (lactones) is 2. The Hall–Kier alpha value is -2.20. The van der Waals surface area contributed by atoms with Gasteiger partial charge in [-0.05, 0) is 12.1 Å². The second-order valence-corrected chi connectivity index (χ2v) is 3.46. The summed E-state index contributed by atoms with van der Waals surface area (Å²) in [5.74, 6) is -1.10. The molecule has 0 saturated carbocycles. The SMILES string of the molecule is C=CCNCC=C.O=C1OC(=O)c2ccccc21. The molecule has 18 heavy (non-hydrogen) atoms. The molecule has 4 nitrogen and oxygen atoms in total. The third-order valence-electron chi connectivity index (χ3n) is 2.13. The van der Waals surface area contributed by atoms with Crippen LogP contribution in [0.4, 0.5) is 0 Å². The summed E-state index contributed by atoms with van der Waals surface area (Å²) < 4.78 is 4.35. The van der Waals surface area contributed by atoms with Gasteiger partial charge in [-0.15, -0.1) is 13.2 Å². The van der Waals surface area contributed by atoms with E-state index in [1.807, 2.05) is 12.2 Å². The van der Waals surface area contributed by atoms with Crippen LogP contribution in [0.25, 0.3) is 0 Å². The lowest BCUT2D eigenvalue weighted by Crippen LogP contribution is -2.11. The molecule has 0 fully saturated rings. The molecule has 0 saturated heterocycles. The molecule has 4 heteroatoms. The molecular formula is C14H15NO3. The van der Waals surface area contributed by atoms with E-state index in [0.717, 1.165) is 13.1 Å². The minimum atomic E-state index is -0.550. The monoisotopic (exact) mass is 245 g/mol. The van der Waals surface area contributed by atoms with E-state index in [-0.39, 0.29) is 0 Å². The second-order valence-electron chi connectivity index (χ2n) is 3.46. The zero-order valence-corrected chi connectivity index (χ0v) is 10.0. The van der Waals surface area contributed by atoms with Gasteiger partial charge in [-0.1, -0.05) is 24.3 Å². The lowest BCUT2D eigenvalue weighted by molar-refractivity contribution is 0.0444. The van der Waals surface area contributed by atoms with E-state index in [1.165, 1.54) is 0 Å². The van der Waals surface area contributed by atoms with Gasteiger partial charge in [0.25, 0.3) is 0 Å². The van der Waals surface area contributed by atoms with Crippen LogP contribution >= 0.6 is 0 Å². The maximum atomic E-state index is 10.8. The molecule has 1 aromatic carbocycles. The van der Waals surface area contributed by atoms with E-state index >= 15 is 0 Å². The van der Waals surface area contributed by atoms with Crippen LogP contribution in [0.3, 0.4) is 0 Å². The number of hydrogen-bond donors (Lipinski definition) is 1. The molecule has 94 valence electrons. The van der Waals surface area contributed by atoms with Crippen LogP contribution < -0.4 is 5.32 Å². The molecule has 0 spiro atoms. The number of nitrogens with one attached hydrogen (secondary N) is 1. The zero-order chi connectivity index (χ0) is 13.4. The molecule has 1 N–H and O–H groups in total. The number of esters is 2. The Balaban J connectivity index is 0.000000203. The Labute approximate surface area is 106 Å². The summed E-state index contributed by atoms with van der Waals surface area (Å²) in [6, 6.07) is 6.53. The number of fused-ring (bicyclic) bond motifs is 1. The highest BCUT2D eigenvalue weighted by molar-refractivity contribution is 6.14. The highest BCUT2D eigenvalue weighted by Gasteiger charge is 2.28. The van der Waals surface area contributed by atoms with E-state index in [2.05, 4.69) is 23.2 Å². The predicted molar refractivity (Wildman–Crippen MR) is 69.5 cm³/mol. The normalized spacial score (nSPS) is 12.0. The zero-order valence-electron chi connectivity index (χ0n) is 10.0. The van der Waals surface area contributed by atoms with Crippen molar-refractivity contribution in [1.29, 1.82) is 0 Å². The van der Waals surface area contributed by atoms with E-state index in [9.17, 15) is 9.59 Å². The first-order valence-corrected chi connectivity index (χ1v) is 5.48. The van der Waals surface area contributed by atoms with Crippen molar-refractivity contribution in [2.45, 2.75) is 0 Å². The van der Waals surface area contributed by atoms with Gasteiger partial charge in [-0.3, -0.25) is 0 Å². The quantitative estimate of drug-likeness (QED) is 0.381. The summed E-state index contributed by atoms with van der Waals surface area (Å²) in [5.41, 5.74) is 0.718. The van der Waals surface area contributed by atoms with Gasteiger partial charge in [0, 0.05) is 13.1 Å². The maximum Gasteiger partial charge on any atom is 0.346 e. The average molecular weight is 245 g/mol. The Kier molecular flexibility index (Phi) is 5.54. The molecule has 0 bridgehead atoms. The maximum absolute atomic E-state index is 10.8. The second kappa shape index (κ2) is 7.19. The number of carbonyl (C=O) groups is 2. The van der Waals surface area contributed by atoms with Crippen LogP contribution in [0.2, 0.25) is 0 Å². The van der Waals surface area contributed by atoms with Gasteiger partial charge >= 0.3 is 11.9 Å². The van der Waals surface area contributed by atoms with E-state index < -0.39 is 11.9 Å². The van der Waals surface area contributed by atoms with Gasteiger partial charge in [0.15, 0.2) is 0 Å². The van der Waals surface area contributed by atoms with Gasteiger partial charge < -0.3 is 10.1 Å². The molecule has 0 atom stereocenters. The molecule has 1 aliphatic heterocycles. The highest BCUT2D eigenvalue weighted by atomic mass is 16.6. The van der Waals surface area contributed by atoms with Crippen molar-refractivity contribution in [2.24, 2.45) is 0 Å². The van der Waals surface area contributed by atoms with Crippen LogP contribution in [-0.4, -0.2) is 25.0 Å². The first kappa shape index (κ1) is 13.9. The van der Waals surface area contributed by atoms with Crippen molar-refractivity contribution >= 4 is 11.9 Å². The number of benzene rings is 1. The summed E-state index contributed by atoms with van der Waals surface area (Å²) in [7, 11) is 0. The van der Waals surface area contributed by atoms with Crippen LogP contribution in [0.5, 0.6) is 0 Å². The summed E-state index contributed by atoms with van der Waals surface area (Å²) >= 11 is 0. The fraction of sp³-hybridized carbons (Fsp3) is 0.143. The molecule has 0 aromatic heterocycles. The first-order valence-electron chi connectivity index (χ1n) is 5.48. The van der Waals surface area contributed by atoms with Crippen molar-refractivity contribution in [1.82, 2.24) is 5.32 Å². The predicted octanol–water partition coefficient (Wildman–Crippen LogP) is 1.95. The van der Waals surface area contributed by atoms with Crippen molar-refractivity contribution in [3.8, 4) is 0 Å². The highest BCUT2D eigenvalue weighted by Crippen LogP contribution is 2.18. The number of ether oxygens (including phenoxy) is 1. The largest absolute Gasteiger partial charge is 0.386 e. The molecular weight excluding hydrogens is 230 g/mol. The summed E-state index contributed by atoms with van der Waals surface area (Å²) in [6.07, 6.45) is 3.65. The Morgan fingerprint density at radius 2 is 1.44 bits per heavy atom. The third kappa shape index (κ3) is 3.68. The topological polar surface area (TPSA) is 55.4 Å². The molecule has 1 aliphatic rings. The summed E-state index contributed by atoms with van der Waals surface area (Å²) in [4.78, 5) is 21.7. The Morgan fingerprint density at radius 3 is 1.83 bits per heavy atom. The van der Waals surface area contributed by atoms with Crippen LogP contribution in [0.1, 0.15) is 20.7 Å². The lowest BCUT2D eigenvalue weighted by Gasteiger charge is -1.90. The van der Waals surface area contributed by atoms with E-state index in [1.54, 1.807) is 24.3 Å². The minimum Gasteiger partial charge on any atom is -0.386 e. The molecule has 0 unspecified atom stereocenters. The van der Waals surface area contributed by atoms with Crippen molar-refractivity contribution in [2.75, 3.05) is 13.1 Å². The number of hydrogen-bond acceptors (Lipinski definition) is 4. The van der Waals surface area contributed by atoms with Gasteiger partial charge in [0.05, 0.1) is 11.1 Å². The molecule has 1 heterocycles. The van der Waals surface area contributed by atoms with Crippen LogP contribution in [0.15, 0.2) is 49.6 Å². The third-order valence-corrected chi connectivity index (χ3v) is 2.13. The number of rotatable bonds is 4. The minimum absolute atomic E-state index is 0.359. The summed E-state index contributed by atoms with van der Waals surface area (Å²) in [5, 5.41) is 3.05. The van der Waals surface area contributed by atoms with Gasteiger partial charge in [-0.2, -0.15) is 0 Å². The van der Waals surface area contributed by atoms with Crippen molar-refractivity contribution in [3.05, 3.63) is 60.7 Å². The van der Waals surface area contributed by atoms with Gasteiger partial charge in [0.2, 0.25) is 0 Å². The number of carbonyl (C=O) groups excluding carboxylic acids is 2. The van der Waals surface area contributed by atoms with Crippen LogP contribution in [0, 0.1) is 0 Å². The molecule has 1 aromatic rings. The fourth-order valence-electron chi connectivity index (χ4n) is 1.32. The first-order chi connectivity index (χ1) is 8.70. The molecule has 2 rings (SSSR count). The van der Waals surface area contributed by atoms with Gasteiger partial charge in [-0.25, -0.2) is 9.59 Å². The van der Waals surface area contributed by atoms with Gasteiger partial charge in [0.1, 0.15) is 0 Å². The fourth-order valence-corrected chi connectivity index (χ4v) is 1.32. The van der Waals surface area contributed by atoms with E-state index in [4.69, 9.17) is 0 Å². The lowest BCUT2D eigenvalue weighted by atomic mass is 10.1.